The zero-order chi connectivity index (χ0) is 23.5. The number of thiazole rings is 1. The molecular formula is C25H26ClFN6S. The van der Waals surface area contributed by atoms with Gasteiger partial charge in [0.15, 0.2) is 16.6 Å². The first-order valence-corrected chi connectivity index (χ1v) is 12.6. The minimum atomic E-state index is -0.462. The minimum Gasteiger partial charge on any atom is -0.339 e. The smallest absolute Gasteiger partial charge is 0.189 e. The van der Waals surface area contributed by atoms with E-state index in [4.69, 9.17) is 11.6 Å². The third-order valence-electron chi connectivity index (χ3n) is 6.21. The van der Waals surface area contributed by atoms with Gasteiger partial charge in [-0.15, -0.1) is 0 Å². The lowest BCUT2D eigenvalue weighted by Gasteiger charge is -2.31. The molecule has 34 heavy (non-hydrogen) atoms. The van der Waals surface area contributed by atoms with Crippen molar-refractivity contribution in [1.82, 2.24) is 19.9 Å². The van der Waals surface area contributed by atoms with Crippen LogP contribution < -0.4 is 10.6 Å². The Morgan fingerprint density at radius 3 is 2.56 bits per heavy atom. The molecule has 1 aliphatic carbocycles. The van der Waals surface area contributed by atoms with Gasteiger partial charge in [-0.2, -0.15) is 4.98 Å². The molecule has 1 aliphatic rings. The average molecular weight is 497 g/mol. The Morgan fingerprint density at radius 1 is 1.03 bits per heavy atom. The maximum atomic E-state index is 13.5. The summed E-state index contributed by atoms with van der Waals surface area (Å²) >= 11 is 7.35. The second-order valence-electron chi connectivity index (χ2n) is 8.68. The van der Waals surface area contributed by atoms with Gasteiger partial charge in [0, 0.05) is 24.0 Å². The normalized spacial score (nSPS) is 14.6. The Bertz CT molecular complexity index is 1270. The molecule has 2 N–H and O–H groups in total. The summed E-state index contributed by atoms with van der Waals surface area (Å²) in [6, 6.07) is 13.7. The summed E-state index contributed by atoms with van der Waals surface area (Å²) in [6.07, 6.45) is 8.14. The first kappa shape index (κ1) is 23.0. The van der Waals surface area contributed by atoms with Gasteiger partial charge in [0.05, 0.1) is 5.02 Å². The third kappa shape index (κ3) is 5.29. The van der Waals surface area contributed by atoms with Crippen molar-refractivity contribution in [2.24, 2.45) is 0 Å². The molecule has 1 fully saturated rings. The van der Waals surface area contributed by atoms with E-state index in [2.05, 4.69) is 61.8 Å². The molecule has 9 heteroatoms. The van der Waals surface area contributed by atoms with Crippen LogP contribution in [0.3, 0.4) is 0 Å². The zero-order valence-electron chi connectivity index (χ0n) is 18.9. The van der Waals surface area contributed by atoms with Crippen molar-refractivity contribution in [3.8, 4) is 0 Å². The number of hydrogen-bond donors (Lipinski definition) is 2. The summed E-state index contributed by atoms with van der Waals surface area (Å²) in [6.45, 7) is 0.962. The Morgan fingerprint density at radius 2 is 1.79 bits per heavy atom. The van der Waals surface area contributed by atoms with E-state index < -0.39 is 5.82 Å². The topological polar surface area (TPSA) is 66.0 Å². The largest absolute Gasteiger partial charge is 0.339 e. The number of fused-ring (bicyclic) bond motifs is 1. The highest BCUT2D eigenvalue weighted by Crippen LogP contribution is 2.33. The fourth-order valence-electron chi connectivity index (χ4n) is 4.36. The first-order chi connectivity index (χ1) is 16.5. The van der Waals surface area contributed by atoms with E-state index in [1.54, 1.807) is 6.07 Å². The Balaban J connectivity index is 1.27. The number of nitrogens with zero attached hydrogens (tertiary/aromatic N) is 4. The van der Waals surface area contributed by atoms with Gasteiger partial charge in [-0.25, -0.2) is 14.4 Å². The average Bonchev–Trinajstić information content (AvgIpc) is 3.27. The number of aromatic nitrogens is 3. The Hall–Kier alpha value is -2.81. The second-order valence-corrected chi connectivity index (χ2v) is 10.1. The highest BCUT2D eigenvalue weighted by atomic mass is 35.5. The molecule has 6 nitrogen and oxygen atoms in total. The van der Waals surface area contributed by atoms with Crippen molar-refractivity contribution >= 4 is 55.6 Å². The van der Waals surface area contributed by atoms with Gasteiger partial charge in [-0.1, -0.05) is 54.3 Å². The highest BCUT2D eigenvalue weighted by molar-refractivity contribution is 7.22. The molecule has 2 aromatic heterocycles. The van der Waals surface area contributed by atoms with Crippen LogP contribution >= 0.6 is 22.9 Å². The van der Waals surface area contributed by atoms with Crippen LogP contribution in [-0.4, -0.2) is 32.9 Å². The summed E-state index contributed by atoms with van der Waals surface area (Å²) in [5.74, 6) is 0.135. The molecule has 0 bridgehead atoms. The van der Waals surface area contributed by atoms with Crippen LogP contribution in [0.25, 0.3) is 10.3 Å². The summed E-state index contributed by atoms with van der Waals surface area (Å²) in [7, 11) is 2.23. The molecule has 0 unspecified atom stereocenters. The van der Waals surface area contributed by atoms with Gasteiger partial charge in [0.2, 0.25) is 0 Å². The summed E-state index contributed by atoms with van der Waals surface area (Å²) in [5.41, 5.74) is 3.50. The van der Waals surface area contributed by atoms with E-state index in [1.165, 1.54) is 67.5 Å². The SMILES string of the molecule is CN(Cc1ccc(Nc2nc3ncnc(Nc4ccc(F)c(Cl)c4)c3s2)cc1)C1CCCCC1. The molecule has 1 saturated carbocycles. The van der Waals surface area contributed by atoms with Crippen LogP contribution in [0.2, 0.25) is 5.02 Å². The number of nitrogens with one attached hydrogen (secondary N) is 2. The third-order valence-corrected chi connectivity index (χ3v) is 7.47. The standard InChI is InChI=1S/C25H26ClFN6S/c1-33(19-5-3-2-4-6-19)14-16-7-9-17(10-8-16)31-25-32-24-22(34-25)23(28-15-29-24)30-18-11-12-21(27)20(26)13-18/h7-13,15,19H,2-6,14H2,1H3,(H2,28,29,30,31,32). The number of anilines is 4. The maximum absolute atomic E-state index is 13.5. The van der Waals surface area contributed by atoms with Crippen LogP contribution in [-0.2, 0) is 6.54 Å². The zero-order valence-corrected chi connectivity index (χ0v) is 20.5. The predicted octanol–water partition coefficient (Wildman–Crippen LogP) is 7.13. The monoisotopic (exact) mass is 496 g/mol. The summed E-state index contributed by atoms with van der Waals surface area (Å²) < 4.78 is 14.3. The van der Waals surface area contributed by atoms with E-state index in [0.29, 0.717) is 23.2 Å². The fraction of sp³-hybridized carbons (Fsp3) is 0.320. The molecular weight excluding hydrogens is 471 g/mol. The van der Waals surface area contributed by atoms with Crippen LogP contribution in [0.5, 0.6) is 0 Å². The number of halogens is 2. The van der Waals surface area contributed by atoms with Gasteiger partial charge in [-0.3, -0.25) is 4.90 Å². The number of hydrogen-bond acceptors (Lipinski definition) is 7. The van der Waals surface area contributed by atoms with Crippen LogP contribution in [0.1, 0.15) is 37.7 Å². The molecule has 0 atom stereocenters. The maximum Gasteiger partial charge on any atom is 0.189 e. The number of benzene rings is 2. The van der Waals surface area contributed by atoms with Gasteiger partial charge < -0.3 is 10.6 Å². The molecule has 4 aromatic rings. The molecule has 2 aromatic carbocycles. The molecule has 2 heterocycles. The molecule has 0 saturated heterocycles. The summed E-state index contributed by atoms with van der Waals surface area (Å²) in [4.78, 5) is 15.7. The van der Waals surface area contributed by atoms with Crippen LogP contribution in [0.15, 0.2) is 48.8 Å². The first-order valence-electron chi connectivity index (χ1n) is 11.4. The molecule has 0 radical (unpaired) electrons. The van der Waals surface area contributed by atoms with Crippen LogP contribution in [0, 0.1) is 5.82 Å². The quantitative estimate of drug-likeness (QED) is 0.283. The predicted molar refractivity (Wildman–Crippen MR) is 138 cm³/mol. The van der Waals surface area contributed by atoms with E-state index in [0.717, 1.165) is 22.1 Å². The van der Waals surface area contributed by atoms with Crippen molar-refractivity contribution in [1.29, 1.82) is 0 Å². The van der Waals surface area contributed by atoms with E-state index in [-0.39, 0.29) is 5.02 Å². The molecule has 176 valence electrons. The van der Waals surface area contributed by atoms with Crippen molar-refractivity contribution in [3.63, 3.8) is 0 Å². The van der Waals surface area contributed by atoms with Gasteiger partial charge in [0.1, 0.15) is 16.8 Å². The molecule has 0 aliphatic heterocycles. The lowest BCUT2D eigenvalue weighted by molar-refractivity contribution is 0.184. The number of rotatable bonds is 7. The summed E-state index contributed by atoms with van der Waals surface area (Å²) in [5, 5.41) is 7.33. The second kappa shape index (κ2) is 10.2. The highest BCUT2D eigenvalue weighted by Gasteiger charge is 2.18. The fourth-order valence-corrected chi connectivity index (χ4v) is 5.43. The van der Waals surface area contributed by atoms with E-state index in [9.17, 15) is 4.39 Å². The van der Waals surface area contributed by atoms with Crippen LogP contribution in [0.4, 0.5) is 26.7 Å². The molecule has 0 amide bonds. The molecule has 5 rings (SSSR count). The van der Waals surface area contributed by atoms with Gasteiger partial charge in [-0.05, 0) is 55.8 Å². The Labute approximate surface area is 207 Å². The van der Waals surface area contributed by atoms with Crippen molar-refractivity contribution < 1.29 is 4.39 Å². The Kier molecular flexibility index (Phi) is 6.89. The van der Waals surface area contributed by atoms with Crippen molar-refractivity contribution in [2.75, 3.05) is 17.7 Å². The lowest BCUT2D eigenvalue weighted by Crippen LogP contribution is -2.32. The van der Waals surface area contributed by atoms with Gasteiger partial charge >= 0.3 is 0 Å². The molecule has 0 spiro atoms. The van der Waals surface area contributed by atoms with E-state index in [1.807, 2.05) is 0 Å². The van der Waals surface area contributed by atoms with Crippen molar-refractivity contribution in [2.45, 2.75) is 44.7 Å². The lowest BCUT2D eigenvalue weighted by atomic mass is 9.94. The van der Waals surface area contributed by atoms with Gasteiger partial charge in [0.25, 0.3) is 0 Å². The van der Waals surface area contributed by atoms with E-state index >= 15 is 0 Å². The van der Waals surface area contributed by atoms with Crippen molar-refractivity contribution in [3.05, 3.63) is 65.2 Å². The minimum absolute atomic E-state index is 0.0512.